The lowest BCUT2D eigenvalue weighted by Crippen LogP contribution is -2.42. The van der Waals surface area contributed by atoms with Crippen LogP contribution < -0.4 is 5.32 Å². The van der Waals surface area contributed by atoms with Gasteiger partial charge < -0.3 is 5.32 Å². The minimum absolute atomic E-state index is 0.168. The summed E-state index contributed by atoms with van der Waals surface area (Å²) in [4.78, 5) is 14.8. The Morgan fingerprint density at radius 2 is 1.92 bits per heavy atom. The molecule has 126 valence electrons. The third-order valence-electron chi connectivity index (χ3n) is 4.55. The summed E-state index contributed by atoms with van der Waals surface area (Å²) in [6.45, 7) is 7.15. The van der Waals surface area contributed by atoms with E-state index < -0.39 is 5.82 Å². The van der Waals surface area contributed by atoms with Crippen LogP contribution >= 0.6 is 0 Å². The topological polar surface area (TPSA) is 32.3 Å². The average Bonchev–Trinajstić information content (AvgIpc) is 2.58. The number of ketones is 1. The predicted octanol–water partition coefficient (Wildman–Crippen LogP) is 2.96. The van der Waals surface area contributed by atoms with Crippen molar-refractivity contribution in [1.29, 1.82) is 0 Å². The zero-order chi connectivity index (χ0) is 16.9. The normalized spacial score (nSPS) is 15.4. The third kappa shape index (κ3) is 4.08. The van der Waals surface area contributed by atoms with Gasteiger partial charge in [0.05, 0.1) is 5.56 Å². The van der Waals surface area contributed by atoms with Gasteiger partial charge in [0.25, 0.3) is 0 Å². The van der Waals surface area contributed by atoms with Gasteiger partial charge in [0.15, 0.2) is 5.78 Å². The van der Waals surface area contributed by atoms with Crippen LogP contribution in [-0.4, -0.2) is 36.9 Å². The van der Waals surface area contributed by atoms with Gasteiger partial charge in [0.2, 0.25) is 0 Å². The number of Topliss-reactive ketones (excluding diaryl/α,β-unsaturated/α-hetero) is 1. The Bertz CT molecular complexity index is 723. The Kier molecular flexibility index (Phi) is 5.38. The number of carbonyl (C=O) groups is 1. The van der Waals surface area contributed by atoms with Crippen molar-refractivity contribution in [2.75, 3.05) is 26.2 Å². The van der Waals surface area contributed by atoms with Gasteiger partial charge in [-0.25, -0.2) is 4.39 Å². The van der Waals surface area contributed by atoms with Gasteiger partial charge >= 0.3 is 0 Å². The fourth-order valence-corrected chi connectivity index (χ4v) is 3.14. The molecule has 0 amide bonds. The summed E-state index contributed by atoms with van der Waals surface area (Å²) in [6.07, 6.45) is 0.237. The molecule has 0 saturated carbocycles. The van der Waals surface area contributed by atoms with Gasteiger partial charge in [0.1, 0.15) is 5.82 Å². The molecular weight excluding hydrogens is 303 g/mol. The summed E-state index contributed by atoms with van der Waals surface area (Å²) in [7, 11) is 0. The second-order valence-electron chi connectivity index (χ2n) is 6.37. The molecule has 3 rings (SSSR count). The zero-order valence-electron chi connectivity index (χ0n) is 14.0. The van der Waals surface area contributed by atoms with Crippen molar-refractivity contribution >= 4 is 5.78 Å². The zero-order valence-corrected chi connectivity index (χ0v) is 14.0. The molecule has 3 nitrogen and oxygen atoms in total. The average molecular weight is 326 g/mol. The number of aryl methyl sites for hydroxylation is 1. The highest BCUT2D eigenvalue weighted by molar-refractivity contribution is 5.97. The number of carbonyl (C=O) groups excluding carboxylic acids is 1. The van der Waals surface area contributed by atoms with E-state index in [2.05, 4.69) is 22.3 Å². The highest BCUT2D eigenvalue weighted by Crippen LogP contribution is 2.17. The minimum atomic E-state index is -0.449. The van der Waals surface area contributed by atoms with E-state index in [4.69, 9.17) is 0 Å². The molecule has 24 heavy (non-hydrogen) atoms. The molecule has 0 unspecified atom stereocenters. The number of hydrogen-bond acceptors (Lipinski definition) is 3. The maximum Gasteiger partial charge on any atom is 0.170 e. The molecule has 0 aromatic heterocycles. The van der Waals surface area contributed by atoms with E-state index in [1.807, 2.05) is 13.0 Å². The molecule has 0 aliphatic carbocycles. The molecule has 4 heteroatoms. The number of hydrogen-bond donors (Lipinski definition) is 1. The van der Waals surface area contributed by atoms with Crippen LogP contribution in [0.3, 0.4) is 0 Å². The summed E-state index contributed by atoms with van der Waals surface area (Å²) in [6, 6.07) is 12.4. The van der Waals surface area contributed by atoms with E-state index in [9.17, 15) is 9.18 Å². The lowest BCUT2D eigenvalue weighted by molar-refractivity contribution is 0.0989. The molecular formula is C20H23FN2O. The van der Waals surface area contributed by atoms with Crippen LogP contribution in [0, 0.1) is 12.7 Å². The number of halogens is 1. The molecule has 1 saturated heterocycles. The Morgan fingerprint density at radius 3 is 2.62 bits per heavy atom. The standard InChI is InChI=1S/C20H23FN2O/c1-15-12-16(14-23-10-8-22-9-11-23)6-7-17(15)13-20(24)18-4-2-3-5-19(18)21/h2-7,12,22H,8-11,13-14H2,1H3. The smallest absolute Gasteiger partial charge is 0.170 e. The third-order valence-corrected chi connectivity index (χ3v) is 4.55. The molecule has 1 fully saturated rings. The number of rotatable bonds is 5. The molecule has 0 radical (unpaired) electrons. The van der Waals surface area contributed by atoms with Gasteiger partial charge in [-0.05, 0) is 35.7 Å². The van der Waals surface area contributed by atoms with E-state index >= 15 is 0 Å². The summed E-state index contributed by atoms with van der Waals surface area (Å²) in [5, 5.41) is 3.35. The summed E-state index contributed by atoms with van der Waals surface area (Å²) < 4.78 is 13.7. The molecule has 0 atom stereocenters. The molecule has 2 aromatic rings. The van der Waals surface area contributed by atoms with Crippen molar-refractivity contribution in [3.05, 3.63) is 70.5 Å². The summed E-state index contributed by atoms with van der Waals surface area (Å²) in [5.41, 5.74) is 3.48. The van der Waals surface area contributed by atoms with Crippen molar-refractivity contribution in [2.45, 2.75) is 19.9 Å². The van der Waals surface area contributed by atoms with Crippen molar-refractivity contribution in [2.24, 2.45) is 0 Å². The van der Waals surface area contributed by atoms with Gasteiger partial charge in [-0.3, -0.25) is 9.69 Å². The molecule has 1 aliphatic rings. The SMILES string of the molecule is Cc1cc(CN2CCNCC2)ccc1CC(=O)c1ccccc1F. The van der Waals surface area contributed by atoms with Crippen LogP contribution in [0.2, 0.25) is 0 Å². The molecule has 1 N–H and O–H groups in total. The van der Waals surface area contributed by atoms with Crippen LogP contribution in [0.25, 0.3) is 0 Å². The predicted molar refractivity (Wildman–Crippen MR) is 93.8 cm³/mol. The number of piperazine rings is 1. The highest BCUT2D eigenvalue weighted by Gasteiger charge is 2.14. The first-order valence-corrected chi connectivity index (χ1v) is 8.42. The monoisotopic (exact) mass is 326 g/mol. The molecule has 0 spiro atoms. The van der Waals surface area contributed by atoms with Crippen molar-refractivity contribution in [1.82, 2.24) is 10.2 Å². The lowest BCUT2D eigenvalue weighted by Gasteiger charge is -2.27. The largest absolute Gasteiger partial charge is 0.314 e. The van der Waals surface area contributed by atoms with Crippen LogP contribution in [0.5, 0.6) is 0 Å². The highest BCUT2D eigenvalue weighted by atomic mass is 19.1. The van der Waals surface area contributed by atoms with Crippen LogP contribution in [0.1, 0.15) is 27.0 Å². The van der Waals surface area contributed by atoms with Gasteiger partial charge in [-0.1, -0.05) is 30.3 Å². The Labute approximate surface area is 142 Å². The maximum atomic E-state index is 13.7. The van der Waals surface area contributed by atoms with Crippen molar-refractivity contribution in [3.63, 3.8) is 0 Å². The second-order valence-corrected chi connectivity index (χ2v) is 6.37. The number of nitrogens with zero attached hydrogens (tertiary/aromatic N) is 1. The molecule has 0 bridgehead atoms. The van der Waals surface area contributed by atoms with Crippen LogP contribution in [0.15, 0.2) is 42.5 Å². The number of nitrogens with one attached hydrogen (secondary N) is 1. The first kappa shape index (κ1) is 16.8. The minimum Gasteiger partial charge on any atom is -0.314 e. The lowest BCUT2D eigenvalue weighted by atomic mass is 9.97. The van der Waals surface area contributed by atoms with Gasteiger partial charge in [-0.15, -0.1) is 0 Å². The molecule has 1 heterocycles. The Balaban J connectivity index is 1.68. The first-order valence-electron chi connectivity index (χ1n) is 8.42. The fraction of sp³-hybridized carbons (Fsp3) is 0.350. The summed E-state index contributed by atoms with van der Waals surface area (Å²) >= 11 is 0. The number of benzene rings is 2. The van der Waals surface area contributed by atoms with Crippen molar-refractivity contribution < 1.29 is 9.18 Å². The Hall–Kier alpha value is -2.04. The fourth-order valence-electron chi connectivity index (χ4n) is 3.14. The Morgan fingerprint density at radius 1 is 1.17 bits per heavy atom. The second kappa shape index (κ2) is 7.69. The van der Waals surface area contributed by atoms with E-state index in [-0.39, 0.29) is 17.8 Å². The first-order chi connectivity index (χ1) is 11.6. The van der Waals surface area contributed by atoms with Gasteiger partial charge in [0, 0.05) is 39.1 Å². The summed E-state index contributed by atoms with van der Waals surface area (Å²) in [5.74, 6) is -0.624. The molecule has 2 aromatic carbocycles. The maximum absolute atomic E-state index is 13.7. The van der Waals surface area contributed by atoms with Crippen LogP contribution in [-0.2, 0) is 13.0 Å². The quantitative estimate of drug-likeness (QED) is 0.858. The van der Waals surface area contributed by atoms with Gasteiger partial charge in [-0.2, -0.15) is 0 Å². The molecule has 1 aliphatic heterocycles. The van der Waals surface area contributed by atoms with Crippen molar-refractivity contribution in [3.8, 4) is 0 Å². The van der Waals surface area contributed by atoms with Crippen LogP contribution in [0.4, 0.5) is 4.39 Å². The van der Waals surface area contributed by atoms with E-state index in [1.54, 1.807) is 18.2 Å². The van der Waals surface area contributed by atoms with E-state index in [0.717, 1.165) is 43.9 Å². The van der Waals surface area contributed by atoms with E-state index in [1.165, 1.54) is 11.6 Å². The van der Waals surface area contributed by atoms with E-state index in [0.29, 0.717) is 0 Å².